The summed E-state index contributed by atoms with van der Waals surface area (Å²) in [5.41, 5.74) is 0.508. The Morgan fingerprint density at radius 3 is 1.82 bits per heavy atom. The van der Waals surface area contributed by atoms with Crippen molar-refractivity contribution in [3.63, 3.8) is 0 Å². The van der Waals surface area contributed by atoms with Crippen LogP contribution in [0.5, 0.6) is 51.7 Å². The molecule has 95 heavy (non-hydrogen) atoms. The van der Waals surface area contributed by atoms with E-state index in [1.165, 1.54) is 74.9 Å². The number of rotatable bonds is 23. The zero-order valence-corrected chi connectivity index (χ0v) is 49.9. The van der Waals surface area contributed by atoms with Crippen molar-refractivity contribution in [1.29, 1.82) is 0 Å². The van der Waals surface area contributed by atoms with Crippen LogP contribution in [0.1, 0.15) is 34.8 Å². The van der Waals surface area contributed by atoms with E-state index < -0.39 is 203 Å². The first-order valence-electron chi connectivity index (χ1n) is 28.9. The van der Waals surface area contributed by atoms with Crippen LogP contribution in [0.3, 0.4) is 0 Å². The van der Waals surface area contributed by atoms with Crippen LogP contribution in [0.15, 0.2) is 84.6 Å². The Labute approximate surface area is 536 Å². The minimum absolute atomic E-state index is 0.0329. The van der Waals surface area contributed by atoms with E-state index in [0.29, 0.717) is 5.56 Å². The number of phenols is 4. The van der Waals surface area contributed by atoms with E-state index in [0.717, 1.165) is 36.4 Å². The highest BCUT2D eigenvalue weighted by atomic mass is 16.8. The normalized spacial score (nSPS) is 31.4. The quantitative estimate of drug-likeness (QED) is 0.00882. The van der Waals surface area contributed by atoms with E-state index >= 15 is 0 Å². The third kappa shape index (κ3) is 16.5. The number of phenolic OH excluding ortho intramolecular Hbond substituents is 4. The Kier molecular flexibility index (Phi) is 22.9. The molecule has 516 valence electrons. The van der Waals surface area contributed by atoms with Gasteiger partial charge in [0, 0.05) is 24.3 Å². The van der Waals surface area contributed by atoms with Crippen LogP contribution in [0, 0.1) is 0 Å². The molecule has 0 bridgehead atoms. The van der Waals surface area contributed by atoms with Crippen molar-refractivity contribution in [2.45, 2.75) is 129 Å². The van der Waals surface area contributed by atoms with Crippen LogP contribution in [0.4, 0.5) is 0 Å². The number of methoxy groups -OCH3 is 2. The number of esters is 3. The van der Waals surface area contributed by atoms with Crippen molar-refractivity contribution in [2.75, 3.05) is 40.6 Å². The summed E-state index contributed by atoms with van der Waals surface area (Å²) in [5, 5.41) is 171. The van der Waals surface area contributed by atoms with Gasteiger partial charge in [-0.2, -0.15) is 0 Å². The van der Waals surface area contributed by atoms with Gasteiger partial charge in [-0.3, -0.25) is 9.59 Å². The summed E-state index contributed by atoms with van der Waals surface area (Å²) in [7, 11) is 2.54. The molecule has 5 aliphatic rings. The first-order valence-corrected chi connectivity index (χ1v) is 28.9. The van der Waals surface area contributed by atoms with Crippen LogP contribution < -0.4 is 18.9 Å². The van der Waals surface area contributed by atoms with Crippen LogP contribution in [0.25, 0.3) is 18.2 Å². The number of aliphatic hydroxyl groups is 12. The van der Waals surface area contributed by atoms with Crippen LogP contribution in [-0.2, 0) is 61.8 Å². The summed E-state index contributed by atoms with van der Waals surface area (Å²) in [4.78, 5) is 50.1. The summed E-state index contributed by atoms with van der Waals surface area (Å²) in [6, 6.07) is 13.9. The van der Waals surface area contributed by atoms with Crippen molar-refractivity contribution in [1.82, 2.24) is 0 Å². The van der Waals surface area contributed by atoms with E-state index in [2.05, 4.69) is 0 Å². The molecular weight excluding hydrogens is 1280 g/mol. The van der Waals surface area contributed by atoms with Gasteiger partial charge in [0.05, 0.1) is 39.1 Å². The molecule has 0 aliphatic carbocycles. The molecule has 4 saturated heterocycles. The highest BCUT2D eigenvalue weighted by Gasteiger charge is 2.53. The Morgan fingerprint density at radius 2 is 1.18 bits per heavy atom. The van der Waals surface area contributed by atoms with Gasteiger partial charge in [-0.25, -0.2) is 9.59 Å². The average molecular weight is 1350 g/mol. The van der Waals surface area contributed by atoms with Crippen LogP contribution >= 0.6 is 0 Å². The molecule has 4 fully saturated rings. The maximum Gasteiger partial charge on any atom is 0.331 e. The first kappa shape index (κ1) is 70.7. The van der Waals surface area contributed by atoms with E-state index in [-0.39, 0.29) is 51.2 Å². The van der Waals surface area contributed by atoms with Gasteiger partial charge in [0.15, 0.2) is 47.3 Å². The molecule has 5 heterocycles. The summed E-state index contributed by atoms with van der Waals surface area (Å²) in [5.74, 6) is -8.07. The number of benzene rings is 4. The van der Waals surface area contributed by atoms with Gasteiger partial charge in [-0.1, -0.05) is 12.1 Å². The number of aliphatic carboxylic acids is 1. The van der Waals surface area contributed by atoms with Crippen molar-refractivity contribution in [2.24, 2.45) is 0 Å². The lowest BCUT2D eigenvalue weighted by atomic mass is 9.97. The second-order valence-corrected chi connectivity index (χ2v) is 21.9. The van der Waals surface area contributed by atoms with E-state index in [4.69, 9.17) is 71.4 Å². The fourth-order valence-electron chi connectivity index (χ4n) is 10.3. The Bertz CT molecular complexity index is 3420. The number of carboxylic acids is 1. The molecule has 20 atom stereocenters. The number of carbonyl (C=O) groups is 4. The molecular formula is C61H69O34+. The second-order valence-electron chi connectivity index (χ2n) is 21.9. The number of fused-ring (bicyclic) bond motifs is 1. The standard InChI is InChI=1S/C61H68O34/c1-82-35-13-25(14-36(83-2)46(35)73)6-12-43(70)94-56-45(72)32(66)21-86-60(56)95-57-52(79)49(76)40(22-84-42(69)11-5-24-3-8-28(9-4-24)87-58-53(80)50(77)47(74)38(20-62)91-58)93-61(57)90-37-18-29-33(88-55(37)26-7-10-30(64)31(65)15-26)16-27(63)17-34(29)89-59-54(81)51(78)48(75)39(92-59)23-85-44(71)19-41(67)68/h3-18,32,38-40,45,47-66,72-81H,19-23H2,1-2H3,(H,67,68)/p+1. The van der Waals surface area contributed by atoms with Gasteiger partial charge >= 0.3 is 23.9 Å². The molecule has 0 radical (unpaired) electrons. The molecule has 9 rings (SSSR count). The molecule has 5 aliphatic heterocycles. The van der Waals surface area contributed by atoms with Gasteiger partial charge in [-0.15, -0.1) is 0 Å². The predicted molar refractivity (Wildman–Crippen MR) is 310 cm³/mol. The fraction of sp³-hybridized carbons (Fsp3) is 0.443. The average Bonchev–Trinajstić information content (AvgIpc) is 0.766. The molecule has 20 unspecified atom stereocenters. The minimum atomic E-state index is -2.21. The molecule has 34 heteroatoms. The maximum absolute atomic E-state index is 13.6. The van der Waals surface area contributed by atoms with Crippen molar-refractivity contribution >= 4 is 42.1 Å². The van der Waals surface area contributed by atoms with E-state index in [1.54, 1.807) is 0 Å². The summed E-state index contributed by atoms with van der Waals surface area (Å²) < 4.78 is 78.5. The molecule has 0 aromatic heterocycles. The van der Waals surface area contributed by atoms with Gasteiger partial charge < -0.3 is 148 Å². The molecule has 4 aromatic carbocycles. The first-order chi connectivity index (χ1) is 45.2. The largest absolute Gasteiger partial charge is 0.571 e. The summed E-state index contributed by atoms with van der Waals surface area (Å²) in [6.45, 7) is -3.10. The highest BCUT2D eigenvalue weighted by molar-refractivity contribution is 5.90. The molecule has 0 spiro atoms. The van der Waals surface area contributed by atoms with Crippen LogP contribution in [0.2, 0.25) is 0 Å². The fourth-order valence-corrected chi connectivity index (χ4v) is 10.3. The number of carbonyl (C=O) groups excluding carboxylic acids is 3. The summed E-state index contributed by atoms with van der Waals surface area (Å²) >= 11 is 0. The third-order valence-electron chi connectivity index (χ3n) is 15.4. The number of ether oxygens (including phenoxy) is 14. The number of aromatic hydroxyl groups is 5. The number of hydrogen-bond donors (Lipinski definition) is 16. The Balaban J connectivity index is 1.02. The van der Waals surface area contributed by atoms with Gasteiger partial charge in [0.1, 0.15) is 122 Å². The zero-order valence-electron chi connectivity index (χ0n) is 49.9. The van der Waals surface area contributed by atoms with Gasteiger partial charge in [0.25, 0.3) is 11.9 Å². The maximum atomic E-state index is 13.6. The smallest absolute Gasteiger partial charge is 0.331 e. The van der Waals surface area contributed by atoms with Gasteiger partial charge in [0.2, 0.25) is 24.6 Å². The number of hydrogen-bond acceptors (Lipinski definition) is 32. The lowest BCUT2D eigenvalue weighted by molar-refractivity contribution is -0.353. The zero-order chi connectivity index (χ0) is 68.7. The minimum Gasteiger partial charge on any atom is -0.571 e. The van der Waals surface area contributed by atoms with E-state index in [1.807, 2.05) is 0 Å². The Hall–Kier alpha value is -8.66. The monoisotopic (exact) mass is 1350 g/mol. The second kappa shape index (κ2) is 30.8. The molecule has 4 aromatic rings. The molecule has 17 N–H and O–H groups in total. The lowest BCUT2D eigenvalue weighted by Crippen LogP contribution is -2.63. The van der Waals surface area contributed by atoms with Crippen LogP contribution in [-0.4, -0.2) is 268 Å². The number of aliphatic hydroxyl groups excluding tert-OH is 11. The van der Waals surface area contributed by atoms with Gasteiger partial charge in [-0.05, 0) is 65.7 Å². The van der Waals surface area contributed by atoms with Crippen molar-refractivity contribution in [3.05, 3.63) is 107 Å². The lowest BCUT2D eigenvalue weighted by Gasteiger charge is -2.45. The van der Waals surface area contributed by atoms with E-state index in [9.17, 15) is 95.8 Å². The Morgan fingerprint density at radius 1 is 0.579 bits per heavy atom. The SMILES string of the molecule is COc1cc(C=CC(=O)OC2C(OC3C(OC4=Cc5c(OC6OC(COC(=O)CC(=O)O)C(O)C(O)C6O)cc(O)cc5[OH+]C4c4ccc(O)c(O)c4)OC(COC(=O)C=Cc4ccc(OC5OC(CO)C(O)C(O)C5O)cc4)C(O)C3O)OCC(O)C2O)cc(OC)c1O. The van der Waals surface area contributed by atoms with Crippen molar-refractivity contribution in [3.8, 4) is 51.7 Å². The molecule has 34 nitrogen and oxygen atoms in total. The predicted octanol–water partition coefficient (Wildman–Crippen LogP) is -2.95. The third-order valence-corrected chi connectivity index (χ3v) is 15.4. The molecule has 0 saturated carbocycles. The summed E-state index contributed by atoms with van der Waals surface area (Å²) in [6.07, 6.45) is -32.4. The van der Waals surface area contributed by atoms with Crippen molar-refractivity contribution < 1.29 is 167 Å². The topological polar surface area (TPSA) is 525 Å². The number of carboxylic acid groups (broad SMARTS) is 1. The highest BCUT2D eigenvalue weighted by Crippen LogP contribution is 2.48. The molecule has 0 amide bonds.